The number of amides is 2. The van der Waals surface area contributed by atoms with Crippen LogP contribution in [0.1, 0.15) is 38.5 Å². The van der Waals surface area contributed by atoms with Gasteiger partial charge in [0.25, 0.3) is 0 Å². The molecule has 0 unspecified atom stereocenters. The molecule has 0 aromatic carbocycles. The van der Waals surface area contributed by atoms with Crippen LogP contribution in [0.15, 0.2) is 0 Å². The molecule has 1 saturated carbocycles. The van der Waals surface area contributed by atoms with Crippen molar-refractivity contribution in [2.45, 2.75) is 44.6 Å². The molecule has 6 nitrogen and oxygen atoms in total. The Morgan fingerprint density at radius 3 is 2.53 bits per heavy atom. The quantitative estimate of drug-likeness (QED) is 0.674. The molecular formula is C13H24N2O4. The SMILES string of the molecule is CN(CC1CCCCC1)C(=O)NCC[C@H](O)C(=O)O. The van der Waals surface area contributed by atoms with Gasteiger partial charge in [0.05, 0.1) is 0 Å². The van der Waals surface area contributed by atoms with E-state index >= 15 is 0 Å². The van der Waals surface area contributed by atoms with Gasteiger partial charge in [-0.3, -0.25) is 0 Å². The molecule has 0 spiro atoms. The summed E-state index contributed by atoms with van der Waals surface area (Å²) in [5, 5.41) is 20.2. The first kappa shape index (κ1) is 15.8. The number of carboxylic acid groups (broad SMARTS) is 1. The number of hydrogen-bond donors (Lipinski definition) is 3. The highest BCUT2D eigenvalue weighted by Gasteiger charge is 2.18. The van der Waals surface area contributed by atoms with Gasteiger partial charge < -0.3 is 20.4 Å². The molecule has 1 aliphatic rings. The normalized spacial score (nSPS) is 17.8. The van der Waals surface area contributed by atoms with Crippen LogP contribution in [0.25, 0.3) is 0 Å². The molecule has 0 saturated heterocycles. The van der Waals surface area contributed by atoms with E-state index in [2.05, 4.69) is 5.32 Å². The predicted octanol–water partition coefficient (Wildman–Crippen LogP) is 1.04. The largest absolute Gasteiger partial charge is 0.479 e. The first-order valence-electron chi connectivity index (χ1n) is 6.90. The molecule has 0 aromatic rings. The topological polar surface area (TPSA) is 89.9 Å². The third-order valence-electron chi connectivity index (χ3n) is 3.58. The van der Waals surface area contributed by atoms with Crippen molar-refractivity contribution in [1.29, 1.82) is 0 Å². The molecule has 2 amide bonds. The second-order valence-electron chi connectivity index (χ2n) is 5.26. The summed E-state index contributed by atoms with van der Waals surface area (Å²) in [7, 11) is 1.75. The van der Waals surface area contributed by atoms with Gasteiger partial charge in [-0.05, 0) is 18.8 Å². The Hall–Kier alpha value is -1.30. The fraction of sp³-hybridized carbons (Fsp3) is 0.846. The van der Waals surface area contributed by atoms with Crippen LogP contribution in [-0.2, 0) is 4.79 Å². The van der Waals surface area contributed by atoms with Gasteiger partial charge in [0, 0.05) is 26.6 Å². The molecule has 1 atom stereocenters. The lowest BCUT2D eigenvalue weighted by Gasteiger charge is -2.27. The van der Waals surface area contributed by atoms with Crippen LogP contribution in [0.2, 0.25) is 0 Å². The summed E-state index contributed by atoms with van der Waals surface area (Å²) in [6.07, 6.45) is 4.74. The highest BCUT2D eigenvalue weighted by molar-refractivity contribution is 5.74. The zero-order valence-electron chi connectivity index (χ0n) is 11.5. The predicted molar refractivity (Wildman–Crippen MR) is 70.9 cm³/mol. The molecule has 0 bridgehead atoms. The van der Waals surface area contributed by atoms with E-state index in [0.717, 1.165) is 6.54 Å². The number of nitrogens with zero attached hydrogens (tertiary/aromatic N) is 1. The molecule has 0 aromatic heterocycles. The molecule has 0 heterocycles. The Balaban J connectivity index is 2.19. The molecule has 0 radical (unpaired) electrons. The maximum absolute atomic E-state index is 11.8. The summed E-state index contributed by atoms with van der Waals surface area (Å²) >= 11 is 0. The number of carboxylic acids is 1. The van der Waals surface area contributed by atoms with Gasteiger partial charge in [0.2, 0.25) is 0 Å². The van der Waals surface area contributed by atoms with Crippen LogP contribution < -0.4 is 5.32 Å². The van der Waals surface area contributed by atoms with Crippen molar-refractivity contribution in [2.24, 2.45) is 5.92 Å². The Labute approximate surface area is 113 Å². The first-order valence-corrected chi connectivity index (χ1v) is 6.90. The van der Waals surface area contributed by atoms with Crippen LogP contribution in [0, 0.1) is 5.92 Å². The van der Waals surface area contributed by atoms with Gasteiger partial charge in [-0.25, -0.2) is 9.59 Å². The number of carbonyl (C=O) groups excluding carboxylic acids is 1. The van der Waals surface area contributed by atoms with Crippen molar-refractivity contribution in [3.8, 4) is 0 Å². The summed E-state index contributed by atoms with van der Waals surface area (Å²) < 4.78 is 0. The smallest absolute Gasteiger partial charge is 0.332 e. The van der Waals surface area contributed by atoms with Crippen molar-refractivity contribution in [3.05, 3.63) is 0 Å². The molecule has 1 fully saturated rings. The monoisotopic (exact) mass is 272 g/mol. The van der Waals surface area contributed by atoms with Crippen LogP contribution >= 0.6 is 0 Å². The number of aliphatic carboxylic acids is 1. The van der Waals surface area contributed by atoms with Crippen molar-refractivity contribution in [2.75, 3.05) is 20.1 Å². The van der Waals surface area contributed by atoms with Gasteiger partial charge in [-0.2, -0.15) is 0 Å². The molecule has 19 heavy (non-hydrogen) atoms. The molecule has 110 valence electrons. The van der Waals surface area contributed by atoms with Gasteiger partial charge in [-0.1, -0.05) is 19.3 Å². The summed E-state index contributed by atoms with van der Waals surface area (Å²) in [6, 6.07) is -0.205. The van der Waals surface area contributed by atoms with E-state index in [1.165, 1.54) is 32.1 Å². The number of rotatable bonds is 6. The number of hydrogen-bond acceptors (Lipinski definition) is 3. The maximum Gasteiger partial charge on any atom is 0.332 e. The number of aliphatic hydroxyl groups excluding tert-OH is 1. The zero-order chi connectivity index (χ0) is 14.3. The van der Waals surface area contributed by atoms with E-state index in [0.29, 0.717) is 5.92 Å². The van der Waals surface area contributed by atoms with Gasteiger partial charge in [0.15, 0.2) is 6.10 Å². The van der Waals surface area contributed by atoms with Crippen molar-refractivity contribution in [3.63, 3.8) is 0 Å². The van der Waals surface area contributed by atoms with Crippen molar-refractivity contribution in [1.82, 2.24) is 10.2 Å². The van der Waals surface area contributed by atoms with Crippen molar-refractivity contribution >= 4 is 12.0 Å². The lowest BCUT2D eigenvalue weighted by Crippen LogP contribution is -2.41. The van der Waals surface area contributed by atoms with Crippen LogP contribution in [0.5, 0.6) is 0 Å². The molecular weight excluding hydrogens is 248 g/mol. The lowest BCUT2D eigenvalue weighted by molar-refractivity contribution is -0.146. The number of urea groups is 1. The van der Waals surface area contributed by atoms with E-state index < -0.39 is 12.1 Å². The van der Waals surface area contributed by atoms with Gasteiger partial charge in [-0.15, -0.1) is 0 Å². The van der Waals surface area contributed by atoms with Gasteiger partial charge >= 0.3 is 12.0 Å². The Morgan fingerprint density at radius 2 is 1.95 bits per heavy atom. The highest BCUT2D eigenvalue weighted by atomic mass is 16.4. The number of aliphatic hydroxyl groups is 1. The average Bonchev–Trinajstić information content (AvgIpc) is 2.39. The molecule has 3 N–H and O–H groups in total. The van der Waals surface area contributed by atoms with E-state index in [1.807, 2.05) is 0 Å². The summed E-state index contributed by atoms with van der Waals surface area (Å²) in [6.45, 7) is 0.911. The minimum absolute atomic E-state index is 0.0261. The fourth-order valence-corrected chi connectivity index (χ4v) is 2.41. The van der Waals surface area contributed by atoms with Crippen LogP contribution in [0.4, 0.5) is 4.79 Å². The van der Waals surface area contributed by atoms with Crippen molar-refractivity contribution < 1.29 is 19.8 Å². The van der Waals surface area contributed by atoms with E-state index in [9.17, 15) is 9.59 Å². The van der Waals surface area contributed by atoms with E-state index in [-0.39, 0.29) is 19.0 Å². The second kappa shape index (κ2) is 7.99. The third kappa shape index (κ3) is 5.92. The van der Waals surface area contributed by atoms with Crippen LogP contribution in [0.3, 0.4) is 0 Å². The first-order chi connectivity index (χ1) is 9.00. The minimum atomic E-state index is -1.41. The fourth-order valence-electron chi connectivity index (χ4n) is 2.41. The molecule has 1 rings (SSSR count). The van der Waals surface area contributed by atoms with E-state index in [4.69, 9.17) is 10.2 Å². The Morgan fingerprint density at radius 1 is 1.32 bits per heavy atom. The Kier molecular flexibility index (Phi) is 6.62. The molecule has 1 aliphatic carbocycles. The summed E-state index contributed by atoms with van der Waals surface area (Å²) in [5.41, 5.74) is 0. The third-order valence-corrected chi connectivity index (χ3v) is 3.58. The average molecular weight is 272 g/mol. The summed E-state index contributed by atoms with van der Waals surface area (Å²) in [5.74, 6) is -0.682. The zero-order valence-corrected chi connectivity index (χ0v) is 11.5. The standard InChI is InChI=1S/C13H24N2O4/c1-15(9-10-5-3-2-4-6-10)13(19)14-8-7-11(16)12(17)18/h10-11,16H,2-9H2,1H3,(H,14,19)(H,17,18)/t11-/m0/s1. The number of nitrogens with one attached hydrogen (secondary N) is 1. The highest BCUT2D eigenvalue weighted by Crippen LogP contribution is 2.23. The maximum atomic E-state index is 11.8. The van der Waals surface area contributed by atoms with Crippen LogP contribution in [-0.4, -0.2) is 53.4 Å². The second-order valence-corrected chi connectivity index (χ2v) is 5.26. The lowest BCUT2D eigenvalue weighted by atomic mass is 9.89. The van der Waals surface area contributed by atoms with Gasteiger partial charge in [0.1, 0.15) is 0 Å². The Bertz CT molecular complexity index is 303. The minimum Gasteiger partial charge on any atom is -0.479 e. The molecule has 6 heteroatoms. The molecule has 0 aliphatic heterocycles. The summed E-state index contributed by atoms with van der Waals surface area (Å²) in [4.78, 5) is 23.8. The number of carbonyl (C=O) groups is 2. The van der Waals surface area contributed by atoms with E-state index in [1.54, 1.807) is 11.9 Å².